The van der Waals surface area contributed by atoms with Crippen molar-refractivity contribution in [3.63, 3.8) is 0 Å². The van der Waals surface area contributed by atoms with E-state index in [9.17, 15) is 4.79 Å². The number of carbonyl (C=O) groups is 1. The van der Waals surface area contributed by atoms with Gasteiger partial charge in [-0.1, -0.05) is 6.92 Å². The van der Waals surface area contributed by atoms with Crippen LogP contribution in [-0.4, -0.2) is 49.1 Å². The molecule has 2 heterocycles. The van der Waals surface area contributed by atoms with Crippen molar-refractivity contribution >= 4 is 24.4 Å². The number of amides is 1. The third kappa shape index (κ3) is 4.92. The van der Waals surface area contributed by atoms with E-state index < -0.39 is 12.1 Å². The summed E-state index contributed by atoms with van der Waals surface area (Å²) in [5.41, 5.74) is -0.435. The maximum atomic E-state index is 12.1. The fourth-order valence-electron chi connectivity index (χ4n) is 2.84. The molecule has 2 aliphatic heterocycles. The van der Waals surface area contributed by atoms with Crippen LogP contribution in [0.15, 0.2) is 0 Å². The van der Waals surface area contributed by atoms with Gasteiger partial charge in [-0.3, -0.25) is 0 Å². The molecule has 1 amide bonds. The first kappa shape index (κ1) is 18.2. The van der Waals surface area contributed by atoms with Gasteiger partial charge in [-0.2, -0.15) is 0 Å². The summed E-state index contributed by atoms with van der Waals surface area (Å²) in [5, 5.41) is 0. The van der Waals surface area contributed by atoms with E-state index in [-0.39, 0.29) is 6.09 Å². The summed E-state index contributed by atoms with van der Waals surface area (Å²) in [6, 6.07) is 0. The van der Waals surface area contributed by atoms with Crippen molar-refractivity contribution in [1.29, 1.82) is 0 Å². The number of rotatable bonds is 2. The Labute approximate surface area is 138 Å². The van der Waals surface area contributed by atoms with Crippen LogP contribution in [-0.2, 0) is 25.6 Å². The van der Waals surface area contributed by atoms with Gasteiger partial charge in [0.05, 0.1) is 13.2 Å². The third-order valence-electron chi connectivity index (χ3n) is 4.22. The second kappa shape index (κ2) is 7.16. The normalized spacial score (nSPS) is 31.1. The highest BCUT2D eigenvalue weighted by Crippen LogP contribution is 2.52. The Balaban J connectivity index is 1.78. The maximum absolute atomic E-state index is 12.1. The van der Waals surface area contributed by atoms with Gasteiger partial charge in [-0.05, 0) is 51.3 Å². The van der Waals surface area contributed by atoms with Gasteiger partial charge in [0.15, 0.2) is 6.49 Å². The molecule has 0 aromatic heterocycles. The number of carbonyl (C=O) groups excluding carboxylic acids is 1. The highest BCUT2D eigenvalue weighted by molar-refractivity contribution is 8.09. The Morgan fingerprint density at radius 3 is 2.23 bits per heavy atom. The lowest BCUT2D eigenvalue weighted by Crippen LogP contribution is -2.44. The zero-order valence-corrected chi connectivity index (χ0v) is 15.8. The van der Waals surface area contributed by atoms with E-state index >= 15 is 0 Å². The molecule has 7 heteroatoms. The lowest BCUT2D eigenvalue weighted by molar-refractivity contribution is 0.00873. The largest absolute Gasteiger partial charge is 0.444 e. The first-order chi connectivity index (χ1) is 10.2. The highest BCUT2D eigenvalue weighted by atomic mass is 32.5. The molecular weight excluding hydrogens is 321 g/mol. The number of ether oxygens (including phenoxy) is 1. The molecule has 0 atom stereocenters. The smallest absolute Gasteiger partial charge is 0.410 e. The molecule has 5 nitrogen and oxygen atoms in total. The van der Waals surface area contributed by atoms with Crippen LogP contribution in [0.4, 0.5) is 4.79 Å². The Morgan fingerprint density at radius 1 is 1.23 bits per heavy atom. The van der Waals surface area contributed by atoms with Crippen molar-refractivity contribution in [2.75, 3.05) is 32.5 Å². The van der Waals surface area contributed by atoms with Crippen LogP contribution in [0.25, 0.3) is 0 Å². The molecule has 2 saturated heterocycles. The minimum Gasteiger partial charge on any atom is -0.444 e. The van der Waals surface area contributed by atoms with Crippen molar-refractivity contribution in [1.82, 2.24) is 4.90 Å². The number of likely N-dealkylation sites (tertiary alicyclic amines) is 1. The molecule has 0 radical (unpaired) electrons. The van der Waals surface area contributed by atoms with Crippen LogP contribution in [0, 0.1) is 11.8 Å². The first-order valence-electron chi connectivity index (χ1n) is 8.08. The summed E-state index contributed by atoms with van der Waals surface area (Å²) >= 11 is 5.41. The molecule has 0 aliphatic carbocycles. The monoisotopic (exact) mass is 349 g/mol. The fraction of sp³-hybridized carbons (Fsp3) is 0.933. The van der Waals surface area contributed by atoms with Gasteiger partial charge in [0.1, 0.15) is 5.60 Å². The molecule has 0 spiro atoms. The third-order valence-corrected chi connectivity index (χ3v) is 7.48. The summed E-state index contributed by atoms with van der Waals surface area (Å²) in [6.45, 7) is 8.65. The Hall–Kier alpha value is -0.160. The SMILES string of the molecule is CCP1(=S)OCC(C2CCN(C(=O)OC(C)(C)C)CC2)CO1. The molecule has 0 unspecified atom stereocenters. The summed E-state index contributed by atoms with van der Waals surface area (Å²) in [5.74, 6) is 0.947. The lowest BCUT2D eigenvalue weighted by Gasteiger charge is -2.39. The predicted molar refractivity (Wildman–Crippen MR) is 90.8 cm³/mol. The summed E-state index contributed by atoms with van der Waals surface area (Å²) in [6.07, 6.45) is 2.55. The van der Waals surface area contributed by atoms with E-state index in [1.807, 2.05) is 32.6 Å². The molecule has 0 aromatic carbocycles. The molecule has 2 rings (SSSR count). The van der Waals surface area contributed by atoms with E-state index in [2.05, 4.69) is 0 Å². The lowest BCUT2D eigenvalue weighted by atomic mass is 9.85. The summed E-state index contributed by atoms with van der Waals surface area (Å²) < 4.78 is 17.1. The molecule has 0 saturated carbocycles. The number of nitrogens with zero attached hydrogens (tertiary/aromatic N) is 1. The van der Waals surface area contributed by atoms with Crippen molar-refractivity contribution in [2.45, 2.75) is 46.1 Å². The molecule has 0 N–H and O–H groups in total. The number of hydrogen-bond donors (Lipinski definition) is 0. The Morgan fingerprint density at radius 2 is 1.77 bits per heavy atom. The Kier molecular flexibility index (Phi) is 5.92. The van der Waals surface area contributed by atoms with Gasteiger partial charge in [0, 0.05) is 25.2 Å². The van der Waals surface area contributed by atoms with Crippen LogP contribution < -0.4 is 0 Å². The standard InChI is InChI=1S/C15H28NO4PS/c1-5-21(22)18-10-13(11-19-21)12-6-8-16(9-7-12)14(17)20-15(2,3)4/h12-13H,5-11H2,1-4H3. The average molecular weight is 349 g/mol. The molecule has 2 fully saturated rings. The van der Waals surface area contributed by atoms with E-state index in [1.54, 1.807) is 0 Å². The fourth-order valence-corrected chi connectivity index (χ4v) is 4.48. The van der Waals surface area contributed by atoms with Gasteiger partial charge in [0.2, 0.25) is 0 Å². The van der Waals surface area contributed by atoms with Crippen LogP contribution in [0.1, 0.15) is 40.5 Å². The molecule has 2 aliphatic rings. The highest BCUT2D eigenvalue weighted by Gasteiger charge is 2.35. The average Bonchev–Trinajstić information content (AvgIpc) is 2.46. The zero-order chi connectivity index (χ0) is 16.4. The van der Waals surface area contributed by atoms with Crippen LogP contribution >= 0.6 is 6.49 Å². The number of hydrogen-bond acceptors (Lipinski definition) is 5. The van der Waals surface area contributed by atoms with E-state index in [0.29, 0.717) is 25.0 Å². The quantitative estimate of drug-likeness (QED) is 0.713. The van der Waals surface area contributed by atoms with E-state index in [4.69, 9.17) is 25.6 Å². The Bertz CT molecular complexity index is 431. The van der Waals surface area contributed by atoms with Gasteiger partial charge >= 0.3 is 6.09 Å². The molecular formula is C15H28NO4PS. The second-order valence-electron chi connectivity index (χ2n) is 7.08. The minimum atomic E-state index is -1.99. The van der Waals surface area contributed by atoms with Gasteiger partial charge in [0.25, 0.3) is 0 Å². The maximum Gasteiger partial charge on any atom is 0.410 e. The molecule has 22 heavy (non-hydrogen) atoms. The predicted octanol–water partition coefficient (Wildman–Crippen LogP) is 3.63. The number of piperidine rings is 1. The van der Waals surface area contributed by atoms with Crippen molar-refractivity contribution in [2.24, 2.45) is 11.8 Å². The van der Waals surface area contributed by atoms with Gasteiger partial charge in [-0.25, -0.2) is 4.79 Å². The summed E-state index contributed by atoms with van der Waals surface area (Å²) in [7, 11) is 0. The summed E-state index contributed by atoms with van der Waals surface area (Å²) in [4.78, 5) is 13.9. The van der Waals surface area contributed by atoms with Gasteiger partial charge < -0.3 is 18.7 Å². The minimum absolute atomic E-state index is 0.205. The van der Waals surface area contributed by atoms with Crippen molar-refractivity contribution in [3.05, 3.63) is 0 Å². The second-order valence-corrected chi connectivity index (χ2v) is 11.1. The molecule has 0 bridgehead atoms. The van der Waals surface area contributed by atoms with E-state index in [1.165, 1.54) is 0 Å². The first-order valence-corrected chi connectivity index (χ1v) is 10.9. The van der Waals surface area contributed by atoms with Gasteiger partial charge in [-0.15, -0.1) is 0 Å². The molecule has 128 valence electrons. The zero-order valence-electron chi connectivity index (χ0n) is 14.0. The van der Waals surface area contributed by atoms with Crippen LogP contribution in [0.3, 0.4) is 0 Å². The van der Waals surface area contributed by atoms with Crippen molar-refractivity contribution in [3.8, 4) is 0 Å². The van der Waals surface area contributed by atoms with Crippen molar-refractivity contribution < 1.29 is 18.6 Å². The van der Waals surface area contributed by atoms with Crippen LogP contribution in [0.5, 0.6) is 0 Å². The van der Waals surface area contributed by atoms with Crippen LogP contribution in [0.2, 0.25) is 0 Å². The molecule has 0 aromatic rings. The van der Waals surface area contributed by atoms with E-state index in [0.717, 1.165) is 32.1 Å². The topological polar surface area (TPSA) is 48.0 Å².